The van der Waals surface area contributed by atoms with Crippen molar-refractivity contribution in [3.8, 4) is 0 Å². The van der Waals surface area contributed by atoms with Crippen LogP contribution in [0.2, 0.25) is 0 Å². The molecule has 4 saturated carbocycles. The number of hydrogen-bond acceptors (Lipinski definition) is 3. The Morgan fingerprint density at radius 3 is 2.25 bits per heavy atom. The van der Waals surface area contributed by atoms with Crippen LogP contribution >= 0.6 is 0 Å². The largest absolute Gasteiger partial charge is 0.272 e. The van der Waals surface area contributed by atoms with Crippen LogP contribution in [-0.4, -0.2) is 24.2 Å². The smallest absolute Gasteiger partial charge is 0.243 e. The lowest BCUT2D eigenvalue weighted by Gasteiger charge is -2.59. The summed E-state index contributed by atoms with van der Waals surface area (Å²) in [5.41, 5.74) is 0.192. The van der Waals surface area contributed by atoms with Gasteiger partial charge in [-0.3, -0.25) is 4.68 Å². The van der Waals surface area contributed by atoms with Crippen molar-refractivity contribution in [1.29, 1.82) is 0 Å². The van der Waals surface area contributed by atoms with E-state index in [9.17, 15) is 8.42 Å². The van der Waals surface area contributed by atoms with Crippen LogP contribution in [0, 0.1) is 23.2 Å². The normalized spacial score (nSPS) is 36.2. The first-order valence-corrected chi connectivity index (χ1v) is 11.0. The molecule has 1 heterocycles. The second kappa shape index (κ2) is 5.84. The van der Waals surface area contributed by atoms with Gasteiger partial charge >= 0.3 is 0 Å². The van der Waals surface area contributed by atoms with Crippen LogP contribution in [0.1, 0.15) is 58.8 Å². The van der Waals surface area contributed by atoms with E-state index in [0.29, 0.717) is 11.4 Å². The Labute approximate surface area is 145 Å². The average molecular weight is 352 g/mol. The van der Waals surface area contributed by atoms with E-state index in [1.807, 2.05) is 6.92 Å². The van der Waals surface area contributed by atoms with Crippen molar-refractivity contribution in [2.75, 3.05) is 0 Å². The molecular formula is C18H29N3O2S. The van der Waals surface area contributed by atoms with Gasteiger partial charge < -0.3 is 0 Å². The van der Waals surface area contributed by atoms with Gasteiger partial charge in [0, 0.05) is 18.8 Å². The Kier molecular flexibility index (Phi) is 4.03. The molecule has 0 amide bonds. The lowest BCUT2D eigenvalue weighted by atomic mass is 9.47. The topological polar surface area (TPSA) is 64.0 Å². The first-order valence-electron chi connectivity index (χ1n) is 9.49. The Bertz CT molecular complexity index is 674. The minimum absolute atomic E-state index is 0.0564. The maximum absolute atomic E-state index is 12.9. The molecule has 0 spiro atoms. The van der Waals surface area contributed by atoms with E-state index >= 15 is 0 Å². The third kappa shape index (κ3) is 2.71. The van der Waals surface area contributed by atoms with Gasteiger partial charge in [-0.2, -0.15) is 5.10 Å². The zero-order chi connectivity index (χ0) is 16.9. The molecule has 24 heavy (non-hydrogen) atoms. The van der Waals surface area contributed by atoms with Crippen LogP contribution in [0.3, 0.4) is 0 Å². The molecule has 0 aliphatic heterocycles. The standard InChI is InChI=1S/C18H29N3O2S/c1-3-17(20-24(22,23)16-11-19-21(4-2)12-16)18-8-13-5-14(9-18)7-15(6-13)10-18/h11-15,17,20H,3-10H2,1-2H3/t13?,14?,15?,17-,18?/m0/s1. The Hall–Kier alpha value is -0.880. The molecule has 6 heteroatoms. The van der Waals surface area contributed by atoms with Gasteiger partial charge in [-0.25, -0.2) is 13.1 Å². The zero-order valence-corrected chi connectivity index (χ0v) is 15.6. The zero-order valence-electron chi connectivity index (χ0n) is 14.7. The van der Waals surface area contributed by atoms with Gasteiger partial charge in [-0.15, -0.1) is 0 Å². The van der Waals surface area contributed by atoms with E-state index < -0.39 is 10.0 Å². The minimum Gasteiger partial charge on any atom is -0.272 e. The van der Waals surface area contributed by atoms with Crippen LogP contribution < -0.4 is 4.72 Å². The SMILES string of the molecule is CC[C@H](NS(=O)(=O)c1cnn(CC)c1)C12CC3CC(CC(C3)C1)C2. The summed E-state index contributed by atoms with van der Waals surface area (Å²) in [7, 11) is -3.49. The first-order chi connectivity index (χ1) is 11.4. The fourth-order valence-corrected chi connectivity index (χ4v) is 7.53. The predicted molar refractivity (Wildman–Crippen MR) is 92.9 cm³/mol. The van der Waals surface area contributed by atoms with Gasteiger partial charge in [0.2, 0.25) is 10.0 Å². The number of aromatic nitrogens is 2. The van der Waals surface area contributed by atoms with E-state index in [0.717, 1.165) is 24.2 Å². The van der Waals surface area contributed by atoms with Crippen molar-refractivity contribution in [1.82, 2.24) is 14.5 Å². The molecule has 0 radical (unpaired) electrons. The number of rotatable bonds is 6. The highest BCUT2D eigenvalue weighted by Gasteiger charge is 2.54. The Balaban J connectivity index is 1.58. The van der Waals surface area contributed by atoms with Crippen LogP contribution in [0.25, 0.3) is 0 Å². The van der Waals surface area contributed by atoms with Crippen molar-refractivity contribution in [3.05, 3.63) is 12.4 Å². The third-order valence-electron chi connectivity index (χ3n) is 6.77. The molecule has 4 bridgehead atoms. The predicted octanol–water partition coefficient (Wildman–Crippen LogP) is 3.18. The molecule has 1 aromatic rings. The molecule has 0 unspecified atom stereocenters. The maximum Gasteiger partial charge on any atom is 0.243 e. The highest BCUT2D eigenvalue weighted by Crippen LogP contribution is 2.61. The molecule has 4 aliphatic rings. The number of nitrogens with one attached hydrogen (secondary N) is 1. The minimum atomic E-state index is -3.49. The van der Waals surface area contributed by atoms with Gasteiger partial charge in [0.1, 0.15) is 4.90 Å². The summed E-state index contributed by atoms with van der Waals surface area (Å²) in [6, 6.07) is 0.0564. The molecule has 134 valence electrons. The fraction of sp³-hybridized carbons (Fsp3) is 0.833. The third-order valence-corrected chi connectivity index (χ3v) is 8.20. The van der Waals surface area contributed by atoms with Crippen molar-refractivity contribution in [2.24, 2.45) is 23.2 Å². The van der Waals surface area contributed by atoms with E-state index in [1.165, 1.54) is 44.7 Å². The average Bonchev–Trinajstić information content (AvgIpc) is 3.01. The van der Waals surface area contributed by atoms with Crippen molar-refractivity contribution >= 4 is 10.0 Å². The summed E-state index contributed by atoms with van der Waals surface area (Å²) in [4.78, 5) is 0.299. The summed E-state index contributed by atoms with van der Waals surface area (Å²) < 4.78 is 30.5. The van der Waals surface area contributed by atoms with Gasteiger partial charge in [0.25, 0.3) is 0 Å². The first kappa shape index (κ1) is 16.6. The van der Waals surface area contributed by atoms with Crippen LogP contribution in [0.4, 0.5) is 0 Å². The van der Waals surface area contributed by atoms with E-state index in [-0.39, 0.29) is 11.5 Å². The van der Waals surface area contributed by atoms with Crippen LogP contribution in [0.15, 0.2) is 17.3 Å². The fourth-order valence-electron chi connectivity index (χ4n) is 6.16. The molecule has 1 N–H and O–H groups in total. The van der Waals surface area contributed by atoms with Crippen molar-refractivity contribution in [3.63, 3.8) is 0 Å². The van der Waals surface area contributed by atoms with Crippen molar-refractivity contribution in [2.45, 2.75) is 76.3 Å². The monoisotopic (exact) mass is 351 g/mol. The summed E-state index contributed by atoms with van der Waals surface area (Å²) in [6.45, 7) is 4.77. The molecule has 1 aromatic heterocycles. The van der Waals surface area contributed by atoms with Gasteiger partial charge in [-0.05, 0) is 75.0 Å². The second-order valence-electron chi connectivity index (χ2n) is 8.39. The molecule has 0 saturated heterocycles. The molecule has 5 rings (SSSR count). The van der Waals surface area contributed by atoms with Gasteiger partial charge in [0.05, 0.1) is 6.20 Å². The highest BCUT2D eigenvalue weighted by molar-refractivity contribution is 7.89. The van der Waals surface area contributed by atoms with E-state index in [4.69, 9.17) is 0 Å². The molecule has 5 nitrogen and oxygen atoms in total. The highest BCUT2D eigenvalue weighted by atomic mass is 32.2. The second-order valence-corrected chi connectivity index (χ2v) is 10.1. The maximum atomic E-state index is 12.9. The van der Waals surface area contributed by atoms with Crippen molar-refractivity contribution < 1.29 is 8.42 Å². The summed E-state index contributed by atoms with van der Waals surface area (Å²) in [5, 5.41) is 4.12. The van der Waals surface area contributed by atoms with E-state index in [2.05, 4.69) is 16.7 Å². The molecular weight excluding hydrogens is 322 g/mol. The molecule has 1 atom stereocenters. The van der Waals surface area contributed by atoms with Crippen LogP contribution in [-0.2, 0) is 16.6 Å². The van der Waals surface area contributed by atoms with Gasteiger partial charge in [0.15, 0.2) is 0 Å². The van der Waals surface area contributed by atoms with Crippen LogP contribution in [0.5, 0.6) is 0 Å². The number of hydrogen-bond donors (Lipinski definition) is 1. The Morgan fingerprint density at radius 2 is 1.79 bits per heavy atom. The number of aryl methyl sites for hydroxylation is 1. The lowest BCUT2D eigenvalue weighted by Crippen LogP contribution is -2.56. The molecule has 4 aliphatic carbocycles. The molecule has 4 fully saturated rings. The number of nitrogens with zero attached hydrogens (tertiary/aromatic N) is 2. The Morgan fingerprint density at radius 1 is 1.21 bits per heavy atom. The summed E-state index contributed by atoms with van der Waals surface area (Å²) in [6.07, 6.45) is 11.8. The van der Waals surface area contributed by atoms with E-state index in [1.54, 1.807) is 10.9 Å². The quantitative estimate of drug-likeness (QED) is 0.856. The summed E-state index contributed by atoms with van der Waals surface area (Å²) in [5.74, 6) is 2.49. The van der Waals surface area contributed by atoms with Gasteiger partial charge in [-0.1, -0.05) is 6.92 Å². The number of sulfonamides is 1. The molecule has 0 aromatic carbocycles. The lowest BCUT2D eigenvalue weighted by molar-refractivity contribution is -0.0704. The summed E-state index contributed by atoms with van der Waals surface area (Å²) >= 11 is 0.